The summed E-state index contributed by atoms with van der Waals surface area (Å²) in [5, 5.41) is 0. The molecule has 0 saturated heterocycles. The Morgan fingerprint density at radius 3 is 1.94 bits per heavy atom. The molecule has 0 fully saturated rings. The van der Waals surface area contributed by atoms with E-state index in [0.717, 1.165) is 19.5 Å². The Kier molecular flexibility index (Phi) is 10.0. The molecule has 1 atom stereocenters. The molecule has 98 valence electrons. The van der Waals surface area contributed by atoms with E-state index in [1.165, 1.54) is 51.4 Å². The Morgan fingerprint density at radius 1 is 0.812 bits per heavy atom. The van der Waals surface area contributed by atoms with E-state index < -0.39 is 0 Å². The highest BCUT2D eigenvalue weighted by molar-refractivity contribution is 4.79. The Hall–Kier alpha value is -0.0800. The molecule has 2 heteroatoms. The highest BCUT2D eigenvalue weighted by Crippen LogP contribution is 2.33. The number of nitrogens with two attached hydrogens (primary N) is 2. The molecule has 0 amide bonds. The lowest BCUT2D eigenvalue weighted by Gasteiger charge is -2.31. The third-order valence-corrected chi connectivity index (χ3v) is 3.90. The van der Waals surface area contributed by atoms with Gasteiger partial charge in [-0.1, -0.05) is 46.0 Å². The average Bonchev–Trinajstić information content (AvgIpc) is 2.33. The standard InChI is InChI=1S/C14H32N2/c1-3-5-6-7-8-10-14(4-2,13-16)11-9-12-15/h3-13,15-16H2,1-2H3. The Balaban J connectivity index is 3.82. The van der Waals surface area contributed by atoms with Crippen molar-refractivity contribution in [3.63, 3.8) is 0 Å². The smallest absolute Gasteiger partial charge is 0.00206 e. The predicted molar refractivity (Wildman–Crippen MR) is 73.4 cm³/mol. The molecule has 0 rings (SSSR count). The van der Waals surface area contributed by atoms with Gasteiger partial charge in [0.15, 0.2) is 0 Å². The SMILES string of the molecule is CCCCCCCC(CC)(CN)CCCN. The highest BCUT2D eigenvalue weighted by Gasteiger charge is 2.24. The quantitative estimate of drug-likeness (QED) is 0.532. The maximum absolute atomic E-state index is 5.96. The van der Waals surface area contributed by atoms with Crippen LogP contribution in [0.15, 0.2) is 0 Å². The van der Waals surface area contributed by atoms with Crippen LogP contribution in [0.4, 0.5) is 0 Å². The maximum atomic E-state index is 5.96. The van der Waals surface area contributed by atoms with Crippen molar-refractivity contribution in [3.05, 3.63) is 0 Å². The first-order valence-corrected chi connectivity index (χ1v) is 7.14. The molecule has 0 radical (unpaired) electrons. The van der Waals surface area contributed by atoms with E-state index in [2.05, 4.69) is 13.8 Å². The van der Waals surface area contributed by atoms with E-state index in [9.17, 15) is 0 Å². The largest absolute Gasteiger partial charge is 0.330 e. The van der Waals surface area contributed by atoms with Gasteiger partial charge in [0.25, 0.3) is 0 Å². The topological polar surface area (TPSA) is 52.0 Å². The normalized spacial score (nSPS) is 15.0. The first kappa shape index (κ1) is 15.9. The fourth-order valence-electron chi connectivity index (χ4n) is 2.41. The minimum atomic E-state index is 0.381. The van der Waals surface area contributed by atoms with Crippen molar-refractivity contribution in [3.8, 4) is 0 Å². The van der Waals surface area contributed by atoms with Crippen LogP contribution in [-0.4, -0.2) is 13.1 Å². The summed E-state index contributed by atoms with van der Waals surface area (Å²) in [6, 6.07) is 0. The van der Waals surface area contributed by atoms with Crippen molar-refractivity contribution < 1.29 is 0 Å². The molecule has 1 unspecified atom stereocenters. The zero-order valence-electron chi connectivity index (χ0n) is 11.4. The lowest BCUT2D eigenvalue weighted by Crippen LogP contribution is -2.30. The number of rotatable bonds is 11. The monoisotopic (exact) mass is 228 g/mol. The molecule has 0 aromatic carbocycles. The Labute approximate surface area is 102 Å². The minimum absolute atomic E-state index is 0.381. The van der Waals surface area contributed by atoms with E-state index in [1.807, 2.05) is 0 Å². The fourth-order valence-corrected chi connectivity index (χ4v) is 2.41. The van der Waals surface area contributed by atoms with E-state index in [0.29, 0.717) is 5.41 Å². The van der Waals surface area contributed by atoms with Crippen LogP contribution in [0.25, 0.3) is 0 Å². The molecule has 0 spiro atoms. The van der Waals surface area contributed by atoms with Gasteiger partial charge in [-0.15, -0.1) is 0 Å². The molecule has 0 aliphatic carbocycles. The summed E-state index contributed by atoms with van der Waals surface area (Å²) in [6.07, 6.45) is 11.6. The molecule has 0 aromatic rings. The molecule has 0 aromatic heterocycles. The zero-order valence-corrected chi connectivity index (χ0v) is 11.4. The van der Waals surface area contributed by atoms with Gasteiger partial charge in [0.05, 0.1) is 0 Å². The van der Waals surface area contributed by atoms with Crippen molar-refractivity contribution in [2.75, 3.05) is 13.1 Å². The number of unbranched alkanes of at least 4 members (excludes halogenated alkanes) is 4. The lowest BCUT2D eigenvalue weighted by atomic mass is 9.76. The van der Waals surface area contributed by atoms with Crippen LogP contribution >= 0.6 is 0 Å². The molecule has 4 N–H and O–H groups in total. The van der Waals surface area contributed by atoms with Crippen LogP contribution in [0.3, 0.4) is 0 Å². The Morgan fingerprint density at radius 2 is 1.44 bits per heavy atom. The van der Waals surface area contributed by atoms with Gasteiger partial charge in [0.2, 0.25) is 0 Å². The molecule has 0 aliphatic rings. The molecule has 0 heterocycles. The molecular formula is C14H32N2. The summed E-state index contributed by atoms with van der Waals surface area (Å²) >= 11 is 0. The summed E-state index contributed by atoms with van der Waals surface area (Å²) in [7, 11) is 0. The highest BCUT2D eigenvalue weighted by atomic mass is 14.6. The van der Waals surface area contributed by atoms with Crippen molar-refractivity contribution in [2.45, 2.75) is 71.6 Å². The molecule has 16 heavy (non-hydrogen) atoms. The van der Waals surface area contributed by atoms with Gasteiger partial charge in [-0.3, -0.25) is 0 Å². The van der Waals surface area contributed by atoms with Crippen molar-refractivity contribution in [2.24, 2.45) is 16.9 Å². The summed E-state index contributed by atoms with van der Waals surface area (Å²) < 4.78 is 0. The molecule has 2 nitrogen and oxygen atoms in total. The Bertz CT molecular complexity index is 142. The van der Waals surface area contributed by atoms with Gasteiger partial charge in [-0.2, -0.15) is 0 Å². The minimum Gasteiger partial charge on any atom is -0.330 e. The average molecular weight is 228 g/mol. The number of hydrogen-bond donors (Lipinski definition) is 2. The van der Waals surface area contributed by atoms with E-state index in [1.54, 1.807) is 0 Å². The van der Waals surface area contributed by atoms with Gasteiger partial charge in [-0.25, -0.2) is 0 Å². The van der Waals surface area contributed by atoms with E-state index >= 15 is 0 Å². The first-order valence-electron chi connectivity index (χ1n) is 7.14. The van der Waals surface area contributed by atoms with Crippen molar-refractivity contribution in [1.82, 2.24) is 0 Å². The van der Waals surface area contributed by atoms with Crippen LogP contribution in [0.2, 0.25) is 0 Å². The molecule has 0 aliphatic heterocycles. The van der Waals surface area contributed by atoms with Crippen LogP contribution in [0.1, 0.15) is 71.6 Å². The van der Waals surface area contributed by atoms with Gasteiger partial charge in [0.1, 0.15) is 0 Å². The zero-order chi connectivity index (χ0) is 12.3. The molecular weight excluding hydrogens is 196 g/mol. The van der Waals surface area contributed by atoms with Crippen molar-refractivity contribution >= 4 is 0 Å². The second kappa shape index (κ2) is 10.1. The van der Waals surface area contributed by atoms with Gasteiger partial charge in [0, 0.05) is 0 Å². The summed E-state index contributed by atoms with van der Waals surface area (Å²) in [4.78, 5) is 0. The van der Waals surface area contributed by atoms with Gasteiger partial charge in [-0.05, 0) is 44.2 Å². The van der Waals surface area contributed by atoms with Gasteiger partial charge >= 0.3 is 0 Å². The maximum Gasteiger partial charge on any atom is -0.00206 e. The lowest BCUT2D eigenvalue weighted by molar-refractivity contribution is 0.226. The van der Waals surface area contributed by atoms with Crippen LogP contribution in [0.5, 0.6) is 0 Å². The van der Waals surface area contributed by atoms with Crippen LogP contribution in [0, 0.1) is 5.41 Å². The van der Waals surface area contributed by atoms with Gasteiger partial charge < -0.3 is 11.5 Å². The predicted octanol–water partition coefficient (Wildman–Crippen LogP) is 3.44. The van der Waals surface area contributed by atoms with Crippen LogP contribution < -0.4 is 11.5 Å². The second-order valence-corrected chi connectivity index (χ2v) is 5.11. The molecule has 0 saturated carbocycles. The summed E-state index contributed by atoms with van der Waals surface area (Å²) in [5.41, 5.74) is 11.9. The number of hydrogen-bond acceptors (Lipinski definition) is 2. The third-order valence-electron chi connectivity index (χ3n) is 3.90. The summed E-state index contributed by atoms with van der Waals surface area (Å²) in [5.74, 6) is 0. The first-order chi connectivity index (χ1) is 7.74. The molecule has 0 bridgehead atoms. The van der Waals surface area contributed by atoms with E-state index in [-0.39, 0.29) is 0 Å². The third kappa shape index (κ3) is 6.49. The van der Waals surface area contributed by atoms with Crippen molar-refractivity contribution in [1.29, 1.82) is 0 Å². The fraction of sp³-hybridized carbons (Fsp3) is 1.00. The summed E-state index contributed by atoms with van der Waals surface area (Å²) in [6.45, 7) is 6.17. The van der Waals surface area contributed by atoms with E-state index in [4.69, 9.17) is 11.5 Å². The van der Waals surface area contributed by atoms with Crippen LogP contribution in [-0.2, 0) is 0 Å². The second-order valence-electron chi connectivity index (χ2n) is 5.11.